The van der Waals surface area contributed by atoms with Crippen LogP contribution < -0.4 is 10.1 Å². The highest BCUT2D eigenvalue weighted by molar-refractivity contribution is 5.37. The van der Waals surface area contributed by atoms with E-state index in [1.165, 1.54) is 11.6 Å². The van der Waals surface area contributed by atoms with Crippen molar-refractivity contribution in [2.75, 3.05) is 0 Å². The van der Waals surface area contributed by atoms with Gasteiger partial charge in [-0.3, -0.25) is 0 Å². The van der Waals surface area contributed by atoms with Gasteiger partial charge in [-0.2, -0.15) is 0 Å². The minimum atomic E-state index is -0.230. The molecule has 2 aromatic carbocycles. The van der Waals surface area contributed by atoms with Crippen LogP contribution in [0.15, 0.2) is 42.5 Å². The van der Waals surface area contributed by atoms with Crippen molar-refractivity contribution in [2.24, 2.45) is 0 Å². The van der Waals surface area contributed by atoms with Gasteiger partial charge in [0.25, 0.3) is 0 Å². The topological polar surface area (TPSA) is 21.3 Å². The molecule has 0 bridgehead atoms. The molecule has 112 valence electrons. The quantitative estimate of drug-likeness (QED) is 0.859. The Kier molecular flexibility index (Phi) is 5.34. The number of benzene rings is 2. The largest absolute Gasteiger partial charge is 0.488 e. The van der Waals surface area contributed by atoms with Gasteiger partial charge in [0.15, 0.2) is 0 Å². The van der Waals surface area contributed by atoms with Crippen LogP contribution in [0.3, 0.4) is 0 Å². The first-order valence-corrected chi connectivity index (χ1v) is 7.25. The number of ether oxygens (including phenoxy) is 1. The monoisotopic (exact) mass is 287 g/mol. The highest BCUT2D eigenvalue weighted by atomic mass is 19.1. The normalized spacial score (nSPS) is 10.9. The Morgan fingerprint density at radius 1 is 1.10 bits per heavy atom. The van der Waals surface area contributed by atoms with Gasteiger partial charge >= 0.3 is 0 Å². The summed E-state index contributed by atoms with van der Waals surface area (Å²) in [5.41, 5.74) is 2.86. The van der Waals surface area contributed by atoms with Crippen molar-refractivity contribution in [1.82, 2.24) is 5.32 Å². The fraction of sp³-hybridized carbons (Fsp3) is 0.333. The summed E-state index contributed by atoms with van der Waals surface area (Å²) >= 11 is 0. The summed E-state index contributed by atoms with van der Waals surface area (Å²) in [6, 6.07) is 13.2. The number of rotatable bonds is 6. The molecule has 21 heavy (non-hydrogen) atoms. The lowest BCUT2D eigenvalue weighted by molar-refractivity contribution is 0.295. The molecule has 2 aromatic rings. The third kappa shape index (κ3) is 4.57. The molecule has 2 nitrogen and oxygen atoms in total. The van der Waals surface area contributed by atoms with Gasteiger partial charge in [-0.05, 0) is 19.1 Å². The van der Waals surface area contributed by atoms with Crippen LogP contribution in [0.4, 0.5) is 4.39 Å². The first-order valence-electron chi connectivity index (χ1n) is 7.25. The van der Waals surface area contributed by atoms with E-state index in [2.05, 4.69) is 32.2 Å². The molecule has 0 spiro atoms. The maximum absolute atomic E-state index is 13.6. The van der Waals surface area contributed by atoms with Crippen molar-refractivity contribution >= 4 is 0 Å². The average Bonchev–Trinajstić information content (AvgIpc) is 2.45. The first-order chi connectivity index (χ1) is 10.1. The Balaban J connectivity index is 2.10. The minimum Gasteiger partial charge on any atom is -0.488 e. The summed E-state index contributed by atoms with van der Waals surface area (Å²) < 4.78 is 19.4. The summed E-state index contributed by atoms with van der Waals surface area (Å²) in [4.78, 5) is 0. The van der Waals surface area contributed by atoms with Crippen LogP contribution in [0.25, 0.3) is 0 Å². The molecule has 0 unspecified atom stereocenters. The zero-order valence-electron chi connectivity index (χ0n) is 12.8. The van der Waals surface area contributed by atoms with Crippen molar-refractivity contribution < 1.29 is 9.13 Å². The summed E-state index contributed by atoms with van der Waals surface area (Å²) in [5.74, 6) is 0.573. The molecule has 0 amide bonds. The van der Waals surface area contributed by atoms with Crippen molar-refractivity contribution in [3.05, 3.63) is 65.0 Å². The van der Waals surface area contributed by atoms with Gasteiger partial charge in [0.05, 0.1) is 0 Å². The SMILES string of the molecule is Cc1ccc(OCc2ccccc2F)c(CNC(C)C)c1. The van der Waals surface area contributed by atoms with E-state index in [1.807, 2.05) is 18.2 Å². The van der Waals surface area contributed by atoms with E-state index in [4.69, 9.17) is 4.74 Å². The lowest BCUT2D eigenvalue weighted by Crippen LogP contribution is -2.22. The fourth-order valence-electron chi connectivity index (χ4n) is 2.07. The first kappa shape index (κ1) is 15.5. The number of hydrogen-bond donors (Lipinski definition) is 1. The molecule has 0 aliphatic heterocycles. The van der Waals surface area contributed by atoms with Crippen LogP contribution in [-0.2, 0) is 13.2 Å². The van der Waals surface area contributed by atoms with Crippen LogP contribution >= 0.6 is 0 Å². The molecular formula is C18H22FNO. The molecule has 0 aliphatic carbocycles. The molecule has 0 fully saturated rings. The summed E-state index contributed by atoms with van der Waals surface area (Å²) in [5, 5.41) is 3.38. The zero-order valence-corrected chi connectivity index (χ0v) is 12.8. The van der Waals surface area contributed by atoms with Crippen molar-refractivity contribution in [3.63, 3.8) is 0 Å². The minimum absolute atomic E-state index is 0.230. The van der Waals surface area contributed by atoms with Crippen LogP contribution in [0.2, 0.25) is 0 Å². The zero-order chi connectivity index (χ0) is 15.2. The van der Waals surface area contributed by atoms with E-state index in [0.29, 0.717) is 11.6 Å². The molecule has 0 aromatic heterocycles. The number of hydrogen-bond acceptors (Lipinski definition) is 2. The molecule has 0 atom stereocenters. The summed E-state index contributed by atoms with van der Waals surface area (Å²) in [6.45, 7) is 7.25. The van der Waals surface area contributed by atoms with Gasteiger partial charge in [-0.1, -0.05) is 49.7 Å². The Morgan fingerprint density at radius 3 is 2.57 bits per heavy atom. The van der Waals surface area contributed by atoms with Gasteiger partial charge in [-0.15, -0.1) is 0 Å². The van der Waals surface area contributed by atoms with Crippen molar-refractivity contribution in [3.8, 4) is 5.75 Å². The highest BCUT2D eigenvalue weighted by Gasteiger charge is 2.07. The molecular weight excluding hydrogens is 265 g/mol. The lowest BCUT2D eigenvalue weighted by Gasteiger charge is -2.15. The van der Waals surface area contributed by atoms with E-state index in [1.54, 1.807) is 12.1 Å². The van der Waals surface area contributed by atoms with Crippen LogP contribution in [0.5, 0.6) is 5.75 Å². The smallest absolute Gasteiger partial charge is 0.129 e. The fourth-order valence-corrected chi connectivity index (χ4v) is 2.07. The second-order valence-corrected chi connectivity index (χ2v) is 5.53. The third-order valence-corrected chi connectivity index (χ3v) is 3.26. The number of aryl methyl sites for hydroxylation is 1. The Morgan fingerprint density at radius 2 is 1.86 bits per heavy atom. The van der Waals surface area contributed by atoms with Crippen LogP contribution in [0, 0.1) is 12.7 Å². The van der Waals surface area contributed by atoms with Crippen LogP contribution in [0.1, 0.15) is 30.5 Å². The second kappa shape index (κ2) is 7.23. The molecule has 0 heterocycles. The standard InChI is InChI=1S/C18H22FNO/c1-13(2)20-11-16-10-14(3)8-9-18(16)21-12-15-6-4-5-7-17(15)19/h4-10,13,20H,11-12H2,1-3H3. The third-order valence-electron chi connectivity index (χ3n) is 3.26. The van der Waals surface area contributed by atoms with Crippen molar-refractivity contribution in [2.45, 2.75) is 40.0 Å². The Hall–Kier alpha value is -1.87. The highest BCUT2D eigenvalue weighted by Crippen LogP contribution is 2.22. The molecule has 0 saturated heterocycles. The lowest BCUT2D eigenvalue weighted by atomic mass is 10.1. The Bertz CT molecular complexity index is 596. The molecule has 3 heteroatoms. The van der Waals surface area contributed by atoms with Gasteiger partial charge in [0.2, 0.25) is 0 Å². The predicted molar refractivity (Wildman–Crippen MR) is 83.9 cm³/mol. The van der Waals surface area contributed by atoms with E-state index in [0.717, 1.165) is 17.9 Å². The summed E-state index contributed by atoms with van der Waals surface area (Å²) in [6.07, 6.45) is 0. The molecule has 0 radical (unpaired) electrons. The average molecular weight is 287 g/mol. The second-order valence-electron chi connectivity index (χ2n) is 5.53. The van der Waals surface area contributed by atoms with Gasteiger partial charge in [0.1, 0.15) is 18.2 Å². The van der Waals surface area contributed by atoms with E-state index in [9.17, 15) is 4.39 Å². The van der Waals surface area contributed by atoms with E-state index >= 15 is 0 Å². The van der Waals surface area contributed by atoms with Gasteiger partial charge < -0.3 is 10.1 Å². The van der Waals surface area contributed by atoms with E-state index in [-0.39, 0.29) is 12.4 Å². The van der Waals surface area contributed by atoms with Gasteiger partial charge in [0, 0.05) is 23.7 Å². The van der Waals surface area contributed by atoms with Gasteiger partial charge in [-0.25, -0.2) is 4.39 Å². The Labute approximate surface area is 126 Å². The van der Waals surface area contributed by atoms with E-state index < -0.39 is 0 Å². The number of nitrogens with one attached hydrogen (secondary N) is 1. The maximum atomic E-state index is 13.6. The number of halogens is 1. The molecule has 2 rings (SSSR count). The summed E-state index contributed by atoms with van der Waals surface area (Å²) in [7, 11) is 0. The van der Waals surface area contributed by atoms with Crippen molar-refractivity contribution in [1.29, 1.82) is 0 Å². The van der Waals surface area contributed by atoms with Crippen LogP contribution in [-0.4, -0.2) is 6.04 Å². The molecule has 1 N–H and O–H groups in total. The molecule has 0 saturated carbocycles. The maximum Gasteiger partial charge on any atom is 0.129 e. The molecule has 0 aliphatic rings. The predicted octanol–water partition coefficient (Wildman–Crippen LogP) is 4.21.